The monoisotopic (exact) mass is 1150 g/mol. The maximum absolute atomic E-state index is 12.5. The van der Waals surface area contributed by atoms with Crippen LogP contribution < -0.4 is 53.1 Å². The molecule has 1 heterocycles. The van der Waals surface area contributed by atoms with Gasteiger partial charge in [-0.2, -0.15) is 0 Å². The van der Waals surface area contributed by atoms with Crippen molar-refractivity contribution in [2.75, 3.05) is 85.3 Å². The molecule has 0 aromatic rings. The lowest BCUT2D eigenvalue weighted by Crippen LogP contribution is -2.45. The number of amides is 6. The molecule has 12 N–H and O–H groups in total. The van der Waals surface area contributed by atoms with Gasteiger partial charge in [0.15, 0.2) is 0 Å². The normalized spacial score (nSPS) is 13.2. The number of hydrazine groups is 2. The molecule has 0 aliphatic carbocycles. The van der Waals surface area contributed by atoms with E-state index in [4.69, 9.17) is 18.9 Å². The number of hydrazone groups is 1. The van der Waals surface area contributed by atoms with Crippen LogP contribution in [-0.2, 0) is 72.1 Å². The zero-order chi connectivity index (χ0) is 58.2. The highest BCUT2D eigenvalue weighted by molar-refractivity contribution is 7.90. The van der Waals surface area contributed by atoms with Gasteiger partial charge in [0.1, 0.15) is 37.4 Å². The van der Waals surface area contributed by atoms with E-state index in [1.54, 1.807) is 7.05 Å². The van der Waals surface area contributed by atoms with Crippen LogP contribution in [0.25, 0.3) is 0 Å². The zero-order valence-corrected chi connectivity index (χ0v) is 47.0. The fourth-order valence-corrected chi connectivity index (χ4v) is 8.73. The van der Waals surface area contributed by atoms with Crippen LogP contribution in [0.2, 0.25) is 0 Å². The van der Waals surface area contributed by atoms with Crippen LogP contribution in [0.15, 0.2) is 5.10 Å². The first-order chi connectivity index (χ1) is 38.0. The van der Waals surface area contributed by atoms with E-state index < -0.39 is 76.6 Å². The van der Waals surface area contributed by atoms with Gasteiger partial charge in [-0.3, -0.25) is 38.9 Å². The quantitative estimate of drug-likeness (QED) is 0.0283. The van der Waals surface area contributed by atoms with Crippen LogP contribution in [0, 0.1) is 0 Å². The Morgan fingerprint density at radius 3 is 1.54 bits per heavy atom. The van der Waals surface area contributed by atoms with Crippen LogP contribution in [-0.4, -0.2) is 182 Å². The number of carbonyl (C=O) groups excluding carboxylic acids is 7. The van der Waals surface area contributed by atoms with Gasteiger partial charge >= 0.3 is 11.9 Å². The van der Waals surface area contributed by atoms with Gasteiger partial charge in [0, 0.05) is 51.7 Å². The van der Waals surface area contributed by atoms with Crippen LogP contribution >= 0.6 is 0 Å². The molecular weight excluding hydrogens is 1060 g/mol. The van der Waals surface area contributed by atoms with Gasteiger partial charge < -0.3 is 65.9 Å². The predicted molar refractivity (Wildman–Crippen MR) is 290 cm³/mol. The summed E-state index contributed by atoms with van der Waals surface area (Å²) in [4.78, 5) is 108. The number of hydrogen-bond donors (Lipinski definition) is 12. The minimum Gasteiger partial charge on any atom is -0.480 e. The van der Waals surface area contributed by atoms with Crippen molar-refractivity contribution >= 4 is 69.5 Å². The number of hydrogen-bond acceptors (Lipinski definition) is 20. The van der Waals surface area contributed by atoms with E-state index in [0.29, 0.717) is 19.4 Å². The first-order valence-electron chi connectivity index (χ1n) is 27.7. The SMILES string of the molecule is CNC(C=O)CCCCNC(=O)COCCOCCNC(=O)CC[C@H](NC(=O)CC[C@H](NC(=O)COCCOCCNC(=O)CCCS(=O)(=O)NC(=O)CCCCCCCCCCCCCCCC1=NNNN1)C(=O)O)C(=O)O. The molecule has 1 aliphatic heterocycles. The molecule has 29 heteroatoms. The number of nitrogens with one attached hydrogen (secondary N) is 10. The summed E-state index contributed by atoms with van der Waals surface area (Å²) in [6.07, 6.45) is 17.1. The third-order valence-corrected chi connectivity index (χ3v) is 13.5. The highest BCUT2D eigenvalue weighted by atomic mass is 32.2. The zero-order valence-electron chi connectivity index (χ0n) is 46.1. The lowest BCUT2D eigenvalue weighted by atomic mass is 10.0. The molecule has 0 saturated carbocycles. The maximum atomic E-state index is 12.5. The second-order valence-corrected chi connectivity index (χ2v) is 20.7. The molecular formula is C50H91N11O17S. The summed E-state index contributed by atoms with van der Waals surface area (Å²) in [6.45, 7) is 0.416. The molecule has 28 nitrogen and oxygen atoms in total. The number of rotatable bonds is 54. The molecule has 1 unspecified atom stereocenters. The predicted octanol–water partition coefficient (Wildman–Crippen LogP) is 0.0614. The summed E-state index contributed by atoms with van der Waals surface area (Å²) < 4.78 is 47.9. The highest BCUT2D eigenvalue weighted by Crippen LogP contribution is 2.14. The molecule has 0 spiro atoms. The Morgan fingerprint density at radius 2 is 1.01 bits per heavy atom. The van der Waals surface area contributed by atoms with Crippen LogP contribution in [0.5, 0.6) is 0 Å². The number of amidine groups is 1. The summed E-state index contributed by atoms with van der Waals surface area (Å²) in [5, 5.41) is 38.4. The van der Waals surface area contributed by atoms with Crippen LogP contribution in [0.1, 0.15) is 154 Å². The van der Waals surface area contributed by atoms with Crippen molar-refractivity contribution in [3.05, 3.63) is 0 Å². The summed E-state index contributed by atoms with van der Waals surface area (Å²) >= 11 is 0. The number of carboxylic acid groups (broad SMARTS) is 2. The third-order valence-electron chi connectivity index (χ3n) is 12.1. The minimum atomic E-state index is -3.88. The fraction of sp³-hybridized carbons (Fsp3) is 0.800. The summed E-state index contributed by atoms with van der Waals surface area (Å²) in [5.41, 5.74) is 8.36. The summed E-state index contributed by atoms with van der Waals surface area (Å²) in [7, 11) is -2.17. The number of nitrogens with zero attached hydrogens (tertiary/aromatic N) is 1. The molecule has 0 radical (unpaired) electrons. The number of aliphatic carboxylic acids is 2. The number of aldehydes is 1. The first kappa shape index (κ1) is 71.4. The molecule has 1 rings (SSSR count). The fourth-order valence-electron chi connectivity index (χ4n) is 7.65. The summed E-state index contributed by atoms with van der Waals surface area (Å²) in [6, 6.07) is -3.15. The Bertz CT molecular complexity index is 1920. The van der Waals surface area contributed by atoms with Gasteiger partial charge in [0.25, 0.3) is 0 Å². The first-order valence-corrected chi connectivity index (χ1v) is 29.3. The smallest absolute Gasteiger partial charge is 0.326 e. The van der Waals surface area contributed by atoms with Crippen molar-refractivity contribution in [1.82, 2.24) is 53.1 Å². The highest BCUT2D eigenvalue weighted by Gasteiger charge is 2.25. The topological polar surface area (TPSA) is 398 Å². The van der Waals surface area contributed by atoms with E-state index in [2.05, 4.69) is 58.2 Å². The van der Waals surface area contributed by atoms with E-state index in [9.17, 15) is 61.8 Å². The molecule has 6 amide bonds. The Hall–Kier alpha value is -5.59. The lowest BCUT2D eigenvalue weighted by molar-refractivity contribution is -0.144. The molecule has 0 aromatic heterocycles. The van der Waals surface area contributed by atoms with Crippen molar-refractivity contribution in [3.8, 4) is 0 Å². The number of carboxylic acids is 2. The third kappa shape index (κ3) is 43.0. The molecule has 0 bridgehead atoms. The maximum Gasteiger partial charge on any atom is 0.326 e. The van der Waals surface area contributed by atoms with E-state index >= 15 is 0 Å². The van der Waals surface area contributed by atoms with E-state index in [1.165, 1.54) is 44.9 Å². The van der Waals surface area contributed by atoms with Crippen molar-refractivity contribution in [1.29, 1.82) is 0 Å². The Morgan fingerprint density at radius 1 is 0.532 bits per heavy atom. The van der Waals surface area contributed by atoms with Gasteiger partial charge in [-0.1, -0.05) is 70.6 Å². The molecule has 79 heavy (non-hydrogen) atoms. The standard InChI is InChI=1S/C50H91N11O17S/c1-51-39(36-62)18-15-16-26-52-47(67)37-77-33-31-76-30-28-54-44(64)24-22-40(49(69)70)55-45(65)25-23-41(50(71)72)56-48(68)38-78-34-32-75-29-27-53-43(63)21-17-35-79(73,74)59-46(66)20-14-12-10-8-6-4-2-3-5-7-9-11-13-19-42-57-60-61-58-42/h36,39-41,51,60-61H,2-35,37-38H2,1H3,(H,52,67)(H,53,63)(H,54,64)(H,55,65)(H,56,68)(H,57,58)(H,59,66)(H,69,70)(H,71,72)/t39?,40-,41-/m0/s1. The molecule has 0 saturated heterocycles. The average molecular weight is 1150 g/mol. The Kier molecular flexibility index (Phi) is 42.7. The number of unbranched alkanes of at least 4 members (excludes halogenated alkanes) is 13. The average Bonchev–Trinajstić information content (AvgIpc) is 3.93. The Labute approximate surface area is 464 Å². The van der Waals surface area contributed by atoms with Crippen LogP contribution in [0.4, 0.5) is 0 Å². The minimum absolute atomic E-state index is 0.00927. The van der Waals surface area contributed by atoms with Crippen molar-refractivity contribution in [2.24, 2.45) is 5.10 Å². The molecule has 0 fully saturated rings. The van der Waals surface area contributed by atoms with E-state index in [0.717, 1.165) is 63.5 Å². The van der Waals surface area contributed by atoms with Gasteiger partial charge in [0.05, 0.1) is 51.4 Å². The van der Waals surface area contributed by atoms with Gasteiger partial charge in [0.2, 0.25) is 45.5 Å². The molecule has 1 aliphatic rings. The lowest BCUT2D eigenvalue weighted by Gasteiger charge is -2.17. The second kappa shape index (κ2) is 47.2. The molecule has 0 aromatic carbocycles. The van der Waals surface area contributed by atoms with E-state index in [1.807, 2.05) is 0 Å². The number of ether oxygens (including phenoxy) is 4. The van der Waals surface area contributed by atoms with Gasteiger partial charge in [-0.05, 0) is 58.4 Å². The summed E-state index contributed by atoms with van der Waals surface area (Å²) in [5.74, 6) is -5.65. The second-order valence-electron chi connectivity index (χ2n) is 18.9. The van der Waals surface area contributed by atoms with Gasteiger partial charge in [-0.25, -0.2) is 23.5 Å². The number of likely N-dealkylation sites (N-methyl/N-ethyl adjacent to an activating group) is 1. The number of carbonyl (C=O) groups is 9. The van der Waals surface area contributed by atoms with Crippen molar-refractivity contribution in [3.63, 3.8) is 0 Å². The van der Waals surface area contributed by atoms with Crippen LogP contribution in [0.3, 0.4) is 0 Å². The molecule has 3 atom stereocenters. The molecule has 454 valence electrons. The van der Waals surface area contributed by atoms with E-state index in [-0.39, 0.29) is 116 Å². The number of sulfonamides is 1. The van der Waals surface area contributed by atoms with Crippen molar-refractivity contribution < 1.29 is 80.7 Å². The Balaban J connectivity index is 2.06. The van der Waals surface area contributed by atoms with Gasteiger partial charge in [-0.15, -0.1) is 10.6 Å². The van der Waals surface area contributed by atoms with Crippen molar-refractivity contribution in [2.45, 2.75) is 172 Å². The largest absolute Gasteiger partial charge is 0.480 e.